The quantitative estimate of drug-likeness (QED) is 0.134. The van der Waals surface area contributed by atoms with Gasteiger partial charge in [0.1, 0.15) is 11.5 Å². The molecule has 1 aliphatic rings. The van der Waals surface area contributed by atoms with E-state index in [1.54, 1.807) is 23.1 Å². The lowest BCUT2D eigenvalue weighted by molar-refractivity contribution is -0.145. The number of aliphatic carboxylic acids is 1. The van der Waals surface area contributed by atoms with Crippen LogP contribution in [0.3, 0.4) is 0 Å². The molecule has 1 amide bonds. The maximum absolute atomic E-state index is 13.3. The zero-order valence-corrected chi connectivity index (χ0v) is 26.0. The molecule has 5 N–H and O–H groups in total. The molecule has 3 aromatic carbocycles. The Kier molecular flexibility index (Phi) is 10.4. The lowest BCUT2D eigenvalue weighted by atomic mass is 9.72. The molecule has 1 unspecified atom stereocenters. The number of phenols is 1. The van der Waals surface area contributed by atoms with Gasteiger partial charge in [-0.05, 0) is 92.6 Å². The Morgan fingerprint density at radius 1 is 1.00 bits per heavy atom. The molecule has 5 rings (SSSR count). The summed E-state index contributed by atoms with van der Waals surface area (Å²) in [6.07, 6.45) is 2.62. The lowest BCUT2D eigenvalue weighted by Crippen LogP contribution is -2.49. The van der Waals surface area contributed by atoms with Crippen LogP contribution in [-0.2, 0) is 10.2 Å². The molecular weight excluding hydrogens is 586 g/mol. The average Bonchev–Trinajstić information content (AvgIpc) is 3.06. The largest absolute Gasteiger partial charge is 0.506 e. The van der Waals surface area contributed by atoms with Crippen molar-refractivity contribution >= 4 is 22.8 Å². The molecule has 0 aliphatic carbocycles. The Hall–Kier alpha value is -4.67. The third-order valence-corrected chi connectivity index (χ3v) is 8.92. The second-order valence-corrected chi connectivity index (χ2v) is 11.9. The number of likely N-dealkylation sites (tertiary alicyclic amines) is 1. The number of pyridine rings is 1. The van der Waals surface area contributed by atoms with Gasteiger partial charge in [-0.3, -0.25) is 14.4 Å². The van der Waals surface area contributed by atoms with E-state index >= 15 is 0 Å². The number of phenolic OH excluding ortho intramolecular Hbond substituents is 1. The van der Waals surface area contributed by atoms with Gasteiger partial charge in [-0.2, -0.15) is 0 Å². The summed E-state index contributed by atoms with van der Waals surface area (Å²) >= 11 is 0. The van der Waals surface area contributed by atoms with Crippen molar-refractivity contribution in [3.8, 4) is 11.5 Å². The molecule has 0 saturated carbocycles. The van der Waals surface area contributed by atoms with Crippen molar-refractivity contribution in [2.45, 2.75) is 50.5 Å². The summed E-state index contributed by atoms with van der Waals surface area (Å²) in [7, 11) is 0. The Morgan fingerprint density at radius 3 is 2.48 bits per heavy atom. The minimum atomic E-state index is -0.977. The SMILES string of the molecule is Cc1cc(C(=O)N2CCC(C(=O)O)(c3ccccc3)CC2)ccc1OCCCCCNCC(O)c1ccc(O)c2[nH]c(=O)ccc12. The van der Waals surface area contributed by atoms with Gasteiger partial charge in [0, 0.05) is 36.7 Å². The number of aromatic hydroxyl groups is 1. The number of aryl methyl sites for hydroxylation is 1. The summed E-state index contributed by atoms with van der Waals surface area (Å²) in [4.78, 5) is 41.5. The number of unbranched alkanes of at least 4 members (excludes halogenated alkanes) is 2. The monoisotopic (exact) mass is 627 g/mol. The van der Waals surface area contributed by atoms with E-state index in [0.29, 0.717) is 61.1 Å². The van der Waals surface area contributed by atoms with Crippen LogP contribution < -0.4 is 15.6 Å². The second kappa shape index (κ2) is 14.6. The van der Waals surface area contributed by atoms with Crippen LogP contribution in [0.5, 0.6) is 11.5 Å². The molecule has 1 saturated heterocycles. The number of carbonyl (C=O) groups is 2. The predicted octanol–water partition coefficient (Wildman–Crippen LogP) is 4.67. The summed E-state index contributed by atoms with van der Waals surface area (Å²) in [5.74, 6) is -0.260. The summed E-state index contributed by atoms with van der Waals surface area (Å²) in [6, 6.07) is 20.8. The van der Waals surface area contributed by atoms with Crippen LogP contribution in [0.15, 0.2) is 77.6 Å². The molecule has 0 radical (unpaired) electrons. The molecule has 4 aromatic rings. The van der Waals surface area contributed by atoms with Crippen molar-refractivity contribution in [3.63, 3.8) is 0 Å². The molecule has 1 aromatic heterocycles. The third kappa shape index (κ3) is 7.24. The number of ether oxygens (including phenoxy) is 1. The van der Waals surface area contributed by atoms with Crippen molar-refractivity contribution < 1.29 is 29.6 Å². The minimum Gasteiger partial charge on any atom is -0.506 e. The van der Waals surface area contributed by atoms with Gasteiger partial charge in [0.15, 0.2) is 0 Å². The van der Waals surface area contributed by atoms with Crippen LogP contribution in [0.1, 0.15) is 65.3 Å². The van der Waals surface area contributed by atoms with E-state index in [1.807, 2.05) is 49.4 Å². The summed E-state index contributed by atoms with van der Waals surface area (Å²) in [5, 5.41) is 34.6. The molecular formula is C36H41N3O7. The summed E-state index contributed by atoms with van der Waals surface area (Å²) in [6.45, 7) is 4.26. The fourth-order valence-electron chi connectivity index (χ4n) is 6.21. The van der Waals surface area contributed by atoms with E-state index < -0.39 is 17.5 Å². The zero-order chi connectivity index (χ0) is 32.7. The number of aliphatic hydroxyl groups excluding tert-OH is 1. The first-order valence-corrected chi connectivity index (χ1v) is 15.7. The number of amides is 1. The van der Waals surface area contributed by atoms with Crippen LogP contribution >= 0.6 is 0 Å². The van der Waals surface area contributed by atoms with Gasteiger partial charge in [0.05, 0.1) is 23.6 Å². The zero-order valence-electron chi connectivity index (χ0n) is 26.0. The third-order valence-electron chi connectivity index (χ3n) is 8.92. The standard InChI is InChI=1S/C36H41N3O7/c1-24-22-25(34(43)39-19-16-36(17-20-39,35(44)45)26-8-4-2-5-9-26)10-14-31(24)46-21-7-3-6-18-37-23-30(41)27-11-13-29(40)33-28(27)12-15-32(42)38-33/h2,4-5,8-15,22,30,37,40-41H,3,6-7,16-21,23H2,1H3,(H,38,42)(H,44,45). The molecule has 10 nitrogen and oxygen atoms in total. The Morgan fingerprint density at radius 2 is 1.76 bits per heavy atom. The first-order chi connectivity index (χ1) is 22.2. The molecule has 2 heterocycles. The number of carboxylic acid groups (broad SMARTS) is 1. The molecule has 1 aliphatic heterocycles. The Balaban J connectivity index is 1.02. The van der Waals surface area contributed by atoms with Crippen molar-refractivity contribution in [3.05, 3.63) is 105 Å². The molecule has 1 atom stereocenters. The molecule has 1 fully saturated rings. The highest BCUT2D eigenvalue weighted by Gasteiger charge is 2.44. The number of nitrogens with one attached hydrogen (secondary N) is 2. The number of aliphatic hydroxyl groups is 1. The highest BCUT2D eigenvalue weighted by molar-refractivity contribution is 5.95. The fourth-order valence-corrected chi connectivity index (χ4v) is 6.21. The summed E-state index contributed by atoms with van der Waals surface area (Å²) in [5.41, 5.74) is 1.87. The van der Waals surface area contributed by atoms with Gasteiger partial charge in [-0.1, -0.05) is 36.4 Å². The number of piperidine rings is 1. The number of hydrogen-bond donors (Lipinski definition) is 5. The number of carboxylic acids is 1. The van der Waals surface area contributed by atoms with Gasteiger partial charge >= 0.3 is 5.97 Å². The number of aromatic amines is 1. The number of hydrogen-bond acceptors (Lipinski definition) is 7. The van der Waals surface area contributed by atoms with E-state index in [4.69, 9.17) is 4.74 Å². The molecule has 242 valence electrons. The van der Waals surface area contributed by atoms with E-state index in [2.05, 4.69) is 10.3 Å². The van der Waals surface area contributed by atoms with Crippen molar-refractivity contribution in [1.29, 1.82) is 0 Å². The highest BCUT2D eigenvalue weighted by atomic mass is 16.5. The van der Waals surface area contributed by atoms with Crippen molar-refractivity contribution in [1.82, 2.24) is 15.2 Å². The molecule has 10 heteroatoms. The number of aromatic nitrogens is 1. The van der Waals surface area contributed by atoms with Gasteiger partial charge in [-0.15, -0.1) is 0 Å². The number of H-pyrrole nitrogens is 1. The number of benzene rings is 3. The minimum absolute atomic E-state index is 0.0367. The topological polar surface area (TPSA) is 152 Å². The second-order valence-electron chi connectivity index (χ2n) is 11.9. The van der Waals surface area contributed by atoms with Crippen LogP contribution in [-0.4, -0.2) is 69.9 Å². The number of carbonyl (C=O) groups excluding carboxylic acids is 1. The van der Waals surface area contributed by atoms with Crippen LogP contribution in [0.4, 0.5) is 0 Å². The highest BCUT2D eigenvalue weighted by Crippen LogP contribution is 2.36. The normalized spacial score (nSPS) is 15.0. The number of rotatable bonds is 13. The first-order valence-electron chi connectivity index (χ1n) is 15.7. The van der Waals surface area contributed by atoms with E-state index in [1.165, 1.54) is 12.1 Å². The maximum Gasteiger partial charge on any atom is 0.314 e. The smallest absolute Gasteiger partial charge is 0.314 e. The van der Waals surface area contributed by atoms with E-state index in [-0.39, 0.29) is 17.2 Å². The van der Waals surface area contributed by atoms with Gasteiger partial charge in [0.2, 0.25) is 5.56 Å². The van der Waals surface area contributed by atoms with Gasteiger partial charge in [-0.25, -0.2) is 0 Å². The van der Waals surface area contributed by atoms with Crippen LogP contribution in [0.2, 0.25) is 0 Å². The van der Waals surface area contributed by atoms with E-state index in [9.17, 15) is 29.7 Å². The van der Waals surface area contributed by atoms with Gasteiger partial charge < -0.3 is 35.3 Å². The predicted molar refractivity (Wildman–Crippen MR) is 175 cm³/mol. The van der Waals surface area contributed by atoms with Crippen LogP contribution in [0, 0.1) is 6.92 Å². The lowest BCUT2D eigenvalue weighted by Gasteiger charge is -2.39. The fraction of sp³-hybridized carbons (Fsp3) is 0.361. The molecule has 0 bridgehead atoms. The first kappa shape index (κ1) is 32.7. The number of nitrogens with zero attached hydrogens (tertiary/aromatic N) is 1. The molecule has 46 heavy (non-hydrogen) atoms. The van der Waals surface area contributed by atoms with Crippen molar-refractivity contribution in [2.75, 3.05) is 32.8 Å². The Labute approximate surface area is 267 Å². The Bertz CT molecular complexity index is 1730. The summed E-state index contributed by atoms with van der Waals surface area (Å²) < 4.78 is 5.98. The molecule has 0 spiro atoms. The van der Waals surface area contributed by atoms with Gasteiger partial charge in [0.25, 0.3) is 5.91 Å². The average molecular weight is 628 g/mol. The van der Waals surface area contributed by atoms with E-state index in [0.717, 1.165) is 42.7 Å². The maximum atomic E-state index is 13.3. The van der Waals surface area contributed by atoms with Crippen molar-refractivity contribution in [2.24, 2.45) is 0 Å². The van der Waals surface area contributed by atoms with Crippen LogP contribution in [0.25, 0.3) is 10.9 Å². The number of fused-ring (bicyclic) bond motifs is 1.